The van der Waals surface area contributed by atoms with Gasteiger partial charge in [-0.2, -0.15) is 0 Å². The Morgan fingerprint density at radius 1 is 1.04 bits per heavy atom. The zero-order chi connectivity index (χ0) is 15.9. The summed E-state index contributed by atoms with van der Waals surface area (Å²) in [5.74, 6) is 0. The second-order valence-corrected chi connectivity index (χ2v) is 6.60. The van der Waals surface area contributed by atoms with Gasteiger partial charge in [-0.05, 0) is 44.2 Å². The molecule has 0 spiro atoms. The molecule has 1 aromatic rings. The van der Waals surface area contributed by atoms with Crippen LogP contribution in [0.2, 0.25) is 0 Å². The van der Waals surface area contributed by atoms with Gasteiger partial charge in [0.05, 0.1) is 25.9 Å². The third-order valence-electron chi connectivity index (χ3n) is 5.06. The van der Waals surface area contributed by atoms with Crippen LogP contribution < -0.4 is 0 Å². The molecule has 4 heteroatoms. The molecule has 4 nitrogen and oxygen atoms in total. The molecule has 0 amide bonds. The van der Waals surface area contributed by atoms with Crippen molar-refractivity contribution in [3.05, 3.63) is 35.9 Å². The molecule has 1 N–H and O–H groups in total. The van der Waals surface area contributed by atoms with Gasteiger partial charge in [-0.3, -0.25) is 4.90 Å². The molecule has 1 aromatic carbocycles. The largest absolute Gasteiger partial charge is 0.394 e. The first kappa shape index (κ1) is 16.9. The molecule has 128 valence electrons. The minimum absolute atomic E-state index is 0.0307. The fourth-order valence-corrected chi connectivity index (χ4v) is 3.85. The lowest BCUT2D eigenvalue weighted by Crippen LogP contribution is -2.44. The third kappa shape index (κ3) is 4.54. The molecular formula is C19H29NO3. The predicted octanol–water partition coefficient (Wildman–Crippen LogP) is 3.12. The lowest BCUT2D eigenvalue weighted by molar-refractivity contribution is -0.183. The molecule has 0 saturated carbocycles. The molecular weight excluding hydrogens is 290 g/mol. The summed E-state index contributed by atoms with van der Waals surface area (Å²) < 4.78 is 11.4. The molecule has 0 unspecified atom stereocenters. The molecule has 2 atom stereocenters. The molecule has 0 aliphatic carbocycles. The van der Waals surface area contributed by atoms with Crippen LogP contribution in [0.4, 0.5) is 0 Å². The Hall–Kier alpha value is -0.940. The van der Waals surface area contributed by atoms with Gasteiger partial charge in [0.25, 0.3) is 0 Å². The van der Waals surface area contributed by atoms with Gasteiger partial charge < -0.3 is 14.6 Å². The maximum Gasteiger partial charge on any atom is 0.157 e. The molecule has 2 heterocycles. The maximum atomic E-state index is 9.98. The van der Waals surface area contributed by atoms with E-state index < -0.39 is 0 Å². The topological polar surface area (TPSA) is 41.9 Å². The van der Waals surface area contributed by atoms with Crippen LogP contribution in [0, 0.1) is 0 Å². The van der Waals surface area contributed by atoms with E-state index in [1.807, 2.05) is 6.07 Å². The Labute approximate surface area is 139 Å². The van der Waals surface area contributed by atoms with Crippen molar-refractivity contribution in [2.24, 2.45) is 0 Å². The summed E-state index contributed by atoms with van der Waals surface area (Å²) >= 11 is 0. The summed E-state index contributed by atoms with van der Waals surface area (Å²) in [6.45, 7) is 2.89. The highest BCUT2D eigenvalue weighted by Crippen LogP contribution is 2.31. The van der Waals surface area contributed by atoms with Crippen LogP contribution in [-0.4, -0.2) is 48.7 Å². The van der Waals surface area contributed by atoms with Crippen molar-refractivity contribution in [2.75, 3.05) is 26.4 Å². The minimum atomic E-state index is -0.0307. The predicted molar refractivity (Wildman–Crippen MR) is 90.2 cm³/mol. The number of aliphatic hydroxyl groups is 1. The summed E-state index contributed by atoms with van der Waals surface area (Å²) in [5, 5.41) is 9.98. The first-order valence-electron chi connectivity index (χ1n) is 9.03. The fourth-order valence-electron chi connectivity index (χ4n) is 3.85. The van der Waals surface area contributed by atoms with Crippen molar-refractivity contribution in [3.63, 3.8) is 0 Å². The van der Waals surface area contributed by atoms with Gasteiger partial charge in [0.15, 0.2) is 6.29 Å². The number of benzene rings is 1. The molecule has 0 aromatic heterocycles. The summed E-state index contributed by atoms with van der Waals surface area (Å²) in [6, 6.07) is 11.0. The third-order valence-corrected chi connectivity index (χ3v) is 5.06. The molecule has 3 rings (SSSR count). The number of piperidine rings is 1. The van der Waals surface area contributed by atoms with Gasteiger partial charge in [0.1, 0.15) is 0 Å². The number of nitrogens with zero attached hydrogens (tertiary/aromatic N) is 1. The van der Waals surface area contributed by atoms with Gasteiger partial charge in [-0.15, -0.1) is 0 Å². The normalized spacial score (nSPS) is 25.3. The van der Waals surface area contributed by atoms with E-state index in [1.54, 1.807) is 0 Å². The van der Waals surface area contributed by atoms with Crippen molar-refractivity contribution in [3.8, 4) is 0 Å². The van der Waals surface area contributed by atoms with Crippen molar-refractivity contribution >= 4 is 0 Å². The molecule has 2 saturated heterocycles. The number of rotatable bonds is 6. The van der Waals surface area contributed by atoms with Gasteiger partial charge in [-0.1, -0.05) is 36.8 Å². The van der Waals surface area contributed by atoms with Crippen molar-refractivity contribution in [2.45, 2.75) is 56.9 Å². The number of aliphatic hydroxyl groups excluding tert-OH is 1. The summed E-state index contributed by atoms with van der Waals surface area (Å²) in [7, 11) is 0. The Morgan fingerprint density at radius 2 is 1.83 bits per heavy atom. The van der Waals surface area contributed by atoms with Crippen molar-refractivity contribution in [1.82, 2.24) is 4.90 Å². The zero-order valence-electron chi connectivity index (χ0n) is 13.9. The van der Waals surface area contributed by atoms with E-state index in [9.17, 15) is 5.11 Å². The van der Waals surface area contributed by atoms with Gasteiger partial charge in [-0.25, -0.2) is 0 Å². The standard InChI is InChI=1S/C19H29NO3/c21-15-18(16-7-2-1-3-8-16)20-12-5-4-9-17(20)10-11-19-22-13-6-14-23-19/h1-3,7-8,17-19,21H,4-6,9-15H2/t17-,18-/m0/s1. The summed E-state index contributed by atoms with van der Waals surface area (Å²) in [5.41, 5.74) is 1.21. The summed E-state index contributed by atoms with van der Waals surface area (Å²) in [6.07, 6.45) is 6.71. The maximum absolute atomic E-state index is 9.98. The molecule has 0 bridgehead atoms. The molecule has 2 aliphatic heterocycles. The van der Waals surface area contributed by atoms with Crippen LogP contribution in [-0.2, 0) is 9.47 Å². The Kier molecular flexibility index (Phi) is 6.46. The number of likely N-dealkylation sites (tertiary alicyclic amines) is 1. The minimum Gasteiger partial charge on any atom is -0.394 e. The van der Waals surface area contributed by atoms with E-state index in [2.05, 4.69) is 29.2 Å². The van der Waals surface area contributed by atoms with E-state index in [4.69, 9.17) is 9.47 Å². The van der Waals surface area contributed by atoms with Gasteiger partial charge in [0.2, 0.25) is 0 Å². The highest BCUT2D eigenvalue weighted by atomic mass is 16.7. The Balaban J connectivity index is 1.62. The van der Waals surface area contributed by atoms with Crippen LogP contribution >= 0.6 is 0 Å². The lowest BCUT2D eigenvalue weighted by Gasteiger charge is -2.41. The smallest absolute Gasteiger partial charge is 0.157 e. The van der Waals surface area contributed by atoms with Crippen LogP contribution in [0.15, 0.2) is 30.3 Å². The summed E-state index contributed by atoms with van der Waals surface area (Å²) in [4.78, 5) is 2.50. The van der Waals surface area contributed by atoms with Crippen LogP contribution in [0.5, 0.6) is 0 Å². The van der Waals surface area contributed by atoms with E-state index in [-0.39, 0.29) is 18.9 Å². The lowest BCUT2D eigenvalue weighted by atomic mass is 9.93. The molecule has 23 heavy (non-hydrogen) atoms. The molecule has 2 aliphatic rings. The first-order chi connectivity index (χ1) is 11.4. The molecule has 0 radical (unpaired) electrons. The van der Waals surface area contributed by atoms with E-state index >= 15 is 0 Å². The average Bonchev–Trinajstić information content (AvgIpc) is 2.63. The van der Waals surface area contributed by atoms with Crippen molar-refractivity contribution in [1.29, 1.82) is 0 Å². The van der Waals surface area contributed by atoms with Gasteiger partial charge >= 0.3 is 0 Å². The second kappa shape index (κ2) is 8.78. The van der Waals surface area contributed by atoms with Crippen LogP contribution in [0.1, 0.15) is 50.1 Å². The quantitative estimate of drug-likeness (QED) is 0.875. The first-order valence-corrected chi connectivity index (χ1v) is 9.03. The Morgan fingerprint density at radius 3 is 2.57 bits per heavy atom. The second-order valence-electron chi connectivity index (χ2n) is 6.60. The SMILES string of the molecule is OC[C@@H](c1ccccc1)N1CCCC[C@H]1CCC1OCCCO1. The number of ether oxygens (including phenoxy) is 2. The highest BCUT2D eigenvalue weighted by molar-refractivity contribution is 5.19. The van der Waals surface area contributed by atoms with E-state index in [0.717, 1.165) is 39.0 Å². The van der Waals surface area contributed by atoms with Crippen molar-refractivity contribution < 1.29 is 14.6 Å². The monoisotopic (exact) mass is 319 g/mol. The van der Waals surface area contributed by atoms with Crippen LogP contribution in [0.3, 0.4) is 0 Å². The van der Waals surface area contributed by atoms with Crippen LogP contribution in [0.25, 0.3) is 0 Å². The fraction of sp³-hybridized carbons (Fsp3) is 0.684. The Bertz CT molecular complexity index is 447. The highest BCUT2D eigenvalue weighted by Gasteiger charge is 2.30. The van der Waals surface area contributed by atoms with Gasteiger partial charge in [0, 0.05) is 6.04 Å². The van der Waals surface area contributed by atoms with E-state index in [1.165, 1.54) is 24.8 Å². The van der Waals surface area contributed by atoms with E-state index in [0.29, 0.717) is 6.04 Å². The zero-order valence-corrected chi connectivity index (χ0v) is 13.9. The average molecular weight is 319 g/mol. The number of hydrogen-bond acceptors (Lipinski definition) is 4. The number of hydrogen-bond donors (Lipinski definition) is 1. The molecule has 2 fully saturated rings.